The Balaban J connectivity index is 1.61. The summed E-state index contributed by atoms with van der Waals surface area (Å²) in [6.45, 7) is 6.43. The maximum atomic E-state index is 12.5. The van der Waals surface area contributed by atoms with Crippen molar-refractivity contribution in [2.75, 3.05) is 5.32 Å². The van der Waals surface area contributed by atoms with Gasteiger partial charge < -0.3 is 10.4 Å². The number of aliphatic carboxylic acids is 1. The van der Waals surface area contributed by atoms with Crippen molar-refractivity contribution >= 4 is 28.9 Å². The van der Waals surface area contributed by atoms with Gasteiger partial charge in [-0.1, -0.05) is 45.0 Å². The first-order chi connectivity index (χ1) is 14.2. The molecule has 156 valence electrons. The highest BCUT2D eigenvalue weighted by Crippen LogP contribution is 2.28. The van der Waals surface area contributed by atoms with E-state index in [1.54, 1.807) is 11.3 Å². The third-order valence-corrected chi connectivity index (χ3v) is 5.88. The Bertz CT molecular complexity index is 1020. The van der Waals surface area contributed by atoms with Crippen LogP contribution in [0.3, 0.4) is 0 Å². The predicted molar refractivity (Wildman–Crippen MR) is 121 cm³/mol. The maximum absolute atomic E-state index is 12.5. The second-order valence-electron chi connectivity index (χ2n) is 8.22. The zero-order valence-electron chi connectivity index (χ0n) is 17.4. The average Bonchev–Trinajstić information content (AvgIpc) is 3.16. The zero-order valence-corrected chi connectivity index (χ0v) is 18.3. The summed E-state index contributed by atoms with van der Waals surface area (Å²) < 4.78 is 0. The van der Waals surface area contributed by atoms with Crippen LogP contribution in [0.5, 0.6) is 0 Å². The Morgan fingerprint density at radius 2 is 1.70 bits per heavy atom. The number of benzene rings is 2. The molecule has 1 heterocycles. The van der Waals surface area contributed by atoms with E-state index < -0.39 is 5.97 Å². The average molecular weight is 423 g/mol. The van der Waals surface area contributed by atoms with Gasteiger partial charge in [0.15, 0.2) is 0 Å². The van der Waals surface area contributed by atoms with Gasteiger partial charge >= 0.3 is 5.97 Å². The number of hydrogen-bond donors (Lipinski definition) is 2. The van der Waals surface area contributed by atoms with Crippen LogP contribution in [-0.4, -0.2) is 22.0 Å². The van der Waals surface area contributed by atoms with Crippen molar-refractivity contribution in [3.8, 4) is 10.4 Å². The van der Waals surface area contributed by atoms with E-state index in [1.807, 2.05) is 54.7 Å². The fourth-order valence-electron chi connectivity index (χ4n) is 2.99. The largest absolute Gasteiger partial charge is 0.481 e. The van der Waals surface area contributed by atoms with Crippen LogP contribution in [0.4, 0.5) is 5.69 Å². The summed E-state index contributed by atoms with van der Waals surface area (Å²) in [4.78, 5) is 28.5. The number of aromatic nitrogens is 1. The molecular weight excluding hydrogens is 396 g/mol. The Morgan fingerprint density at radius 1 is 1.03 bits per heavy atom. The highest BCUT2D eigenvalue weighted by molar-refractivity contribution is 7.15. The number of rotatable bonds is 7. The van der Waals surface area contributed by atoms with E-state index >= 15 is 0 Å². The Hall–Kier alpha value is -2.99. The lowest BCUT2D eigenvalue weighted by molar-refractivity contribution is -0.137. The Morgan fingerprint density at radius 3 is 2.30 bits per heavy atom. The number of carboxylic acids is 1. The quantitative estimate of drug-likeness (QED) is 0.507. The molecule has 0 saturated carbocycles. The summed E-state index contributed by atoms with van der Waals surface area (Å²) >= 11 is 1.57. The molecule has 1 amide bonds. The molecule has 0 fully saturated rings. The van der Waals surface area contributed by atoms with E-state index in [-0.39, 0.29) is 17.7 Å². The molecule has 6 heteroatoms. The topological polar surface area (TPSA) is 79.3 Å². The number of anilines is 1. The molecule has 0 atom stereocenters. The summed E-state index contributed by atoms with van der Waals surface area (Å²) in [5.74, 6) is -0.920. The maximum Gasteiger partial charge on any atom is 0.303 e. The number of thiazole rings is 1. The number of carbonyl (C=O) groups is 2. The number of amides is 1. The molecule has 3 aromatic rings. The number of carboxylic acid groups (broad SMARTS) is 1. The van der Waals surface area contributed by atoms with Crippen molar-refractivity contribution in [1.29, 1.82) is 0 Å². The van der Waals surface area contributed by atoms with E-state index in [9.17, 15) is 9.59 Å². The Labute approximate surface area is 180 Å². The first kappa shape index (κ1) is 21.7. The van der Waals surface area contributed by atoms with Crippen LogP contribution in [-0.2, 0) is 16.6 Å². The van der Waals surface area contributed by atoms with Gasteiger partial charge in [-0.05, 0) is 53.6 Å². The lowest BCUT2D eigenvalue weighted by atomic mass is 9.87. The number of hydrogen-bond acceptors (Lipinski definition) is 4. The van der Waals surface area contributed by atoms with Crippen LogP contribution < -0.4 is 5.32 Å². The highest BCUT2D eigenvalue weighted by Gasteiger charge is 2.14. The van der Waals surface area contributed by atoms with Crippen LogP contribution in [0.2, 0.25) is 0 Å². The molecule has 0 aliphatic rings. The standard InChI is InChI=1S/C24H26N2O3S/c1-24(2,3)18-11-7-17(8-12-18)23(29)26-19-13-9-16(10-14-19)20-15-25-21(30-20)5-4-6-22(27)28/h7-15H,4-6H2,1-3H3,(H,26,29)(H,27,28). The van der Waals surface area contributed by atoms with E-state index in [1.165, 1.54) is 5.56 Å². The number of aryl methyl sites for hydroxylation is 1. The minimum absolute atomic E-state index is 0.0532. The molecule has 3 rings (SSSR count). The normalized spacial score (nSPS) is 11.3. The van der Waals surface area contributed by atoms with Gasteiger partial charge in [-0.2, -0.15) is 0 Å². The molecule has 5 nitrogen and oxygen atoms in total. The third-order valence-electron chi connectivity index (χ3n) is 4.78. The second-order valence-corrected chi connectivity index (χ2v) is 9.34. The number of nitrogens with one attached hydrogen (secondary N) is 1. The van der Waals surface area contributed by atoms with E-state index in [4.69, 9.17) is 5.11 Å². The van der Waals surface area contributed by atoms with Crippen LogP contribution in [0.1, 0.15) is 54.5 Å². The minimum atomic E-state index is -0.783. The van der Waals surface area contributed by atoms with Crippen molar-refractivity contribution < 1.29 is 14.7 Å². The molecule has 0 radical (unpaired) electrons. The molecule has 0 bridgehead atoms. The predicted octanol–water partition coefficient (Wildman–Crippen LogP) is 5.77. The smallest absolute Gasteiger partial charge is 0.303 e. The first-order valence-corrected chi connectivity index (χ1v) is 10.7. The minimum Gasteiger partial charge on any atom is -0.481 e. The van der Waals surface area contributed by atoms with Gasteiger partial charge in [0.05, 0.1) is 9.88 Å². The monoisotopic (exact) mass is 422 g/mol. The highest BCUT2D eigenvalue weighted by atomic mass is 32.1. The molecule has 30 heavy (non-hydrogen) atoms. The summed E-state index contributed by atoms with van der Waals surface area (Å²) in [7, 11) is 0. The molecule has 2 aromatic carbocycles. The van der Waals surface area contributed by atoms with Crippen LogP contribution >= 0.6 is 11.3 Å². The van der Waals surface area contributed by atoms with E-state index in [2.05, 4.69) is 31.1 Å². The van der Waals surface area contributed by atoms with Gasteiger partial charge in [-0.3, -0.25) is 9.59 Å². The van der Waals surface area contributed by atoms with Crippen LogP contribution in [0.25, 0.3) is 10.4 Å². The second kappa shape index (κ2) is 9.22. The summed E-state index contributed by atoms with van der Waals surface area (Å²) in [5, 5.41) is 12.6. The van der Waals surface area contributed by atoms with Crippen LogP contribution in [0.15, 0.2) is 54.7 Å². The fraction of sp³-hybridized carbons (Fsp3) is 0.292. The fourth-order valence-corrected chi connectivity index (χ4v) is 3.96. The molecule has 0 spiro atoms. The molecule has 0 saturated heterocycles. The summed E-state index contributed by atoms with van der Waals surface area (Å²) in [5.41, 5.74) is 3.62. The van der Waals surface area contributed by atoms with Gasteiger partial charge in [-0.15, -0.1) is 11.3 Å². The molecular formula is C24H26N2O3S. The SMILES string of the molecule is CC(C)(C)c1ccc(C(=O)Nc2ccc(-c3cnc(CCCC(=O)O)s3)cc2)cc1. The van der Waals surface area contributed by atoms with Crippen molar-refractivity contribution in [3.05, 3.63) is 70.9 Å². The molecule has 0 unspecified atom stereocenters. The van der Waals surface area contributed by atoms with E-state index in [0.29, 0.717) is 18.4 Å². The molecule has 2 N–H and O–H groups in total. The van der Waals surface area contributed by atoms with Crippen LogP contribution in [0, 0.1) is 0 Å². The number of carbonyl (C=O) groups excluding carboxylic acids is 1. The lowest BCUT2D eigenvalue weighted by Gasteiger charge is -2.19. The zero-order chi connectivity index (χ0) is 21.7. The molecule has 0 aliphatic carbocycles. The summed E-state index contributed by atoms with van der Waals surface area (Å²) in [6, 6.07) is 15.4. The van der Waals surface area contributed by atoms with Gasteiger partial charge in [0.2, 0.25) is 0 Å². The molecule has 1 aromatic heterocycles. The number of nitrogens with zero attached hydrogens (tertiary/aromatic N) is 1. The van der Waals surface area contributed by atoms with Crippen molar-refractivity contribution in [1.82, 2.24) is 4.98 Å². The van der Waals surface area contributed by atoms with Gasteiger partial charge in [0, 0.05) is 23.9 Å². The van der Waals surface area contributed by atoms with Gasteiger partial charge in [0.1, 0.15) is 0 Å². The van der Waals surface area contributed by atoms with Crippen molar-refractivity contribution in [3.63, 3.8) is 0 Å². The van der Waals surface area contributed by atoms with Crippen molar-refractivity contribution in [2.45, 2.75) is 45.4 Å². The van der Waals surface area contributed by atoms with E-state index in [0.717, 1.165) is 21.1 Å². The lowest BCUT2D eigenvalue weighted by Crippen LogP contribution is -2.14. The van der Waals surface area contributed by atoms with Crippen molar-refractivity contribution in [2.24, 2.45) is 0 Å². The third kappa shape index (κ3) is 5.76. The van der Waals surface area contributed by atoms with Gasteiger partial charge in [-0.25, -0.2) is 4.98 Å². The molecule has 0 aliphatic heterocycles. The Kier molecular flexibility index (Phi) is 6.67. The van der Waals surface area contributed by atoms with Gasteiger partial charge in [0.25, 0.3) is 5.91 Å². The summed E-state index contributed by atoms with van der Waals surface area (Å²) in [6.07, 6.45) is 3.22. The first-order valence-electron chi connectivity index (χ1n) is 9.91.